The molecule has 0 N–H and O–H groups in total. The Balaban J connectivity index is 0.000000408. The van der Waals surface area contributed by atoms with Crippen LogP contribution in [0, 0.1) is 5.92 Å². The molecule has 3 rings (SSSR count). The van der Waals surface area contributed by atoms with Crippen molar-refractivity contribution in [3.05, 3.63) is 83.3 Å². The Hall–Kier alpha value is 0.510. The summed E-state index contributed by atoms with van der Waals surface area (Å²) < 4.78 is 0. The van der Waals surface area contributed by atoms with Crippen LogP contribution in [0.25, 0.3) is 6.08 Å². The first kappa shape index (κ1) is 15.9. The summed E-state index contributed by atoms with van der Waals surface area (Å²) in [5, 5.41) is 0. The Morgan fingerprint density at radius 3 is 2.16 bits per heavy atom. The van der Waals surface area contributed by atoms with Crippen LogP contribution in [-0.2, 0) is 21.0 Å². The first-order valence-corrected chi connectivity index (χ1v) is 26.4. The van der Waals surface area contributed by atoms with Crippen LogP contribution in [0.1, 0.15) is 16.7 Å². The van der Waals surface area contributed by atoms with Gasteiger partial charge in [-0.2, -0.15) is 0 Å². The van der Waals surface area contributed by atoms with Crippen LogP contribution in [-0.4, -0.2) is 0 Å². The van der Waals surface area contributed by atoms with E-state index in [-0.39, 0.29) is 14.6 Å². The zero-order valence-corrected chi connectivity index (χ0v) is 18.2. The monoisotopic (exact) mass is 639 g/mol. The van der Waals surface area contributed by atoms with Crippen molar-refractivity contribution in [3.8, 4) is 0 Å². The van der Waals surface area contributed by atoms with E-state index in [0.717, 1.165) is 6.42 Å². The van der Waals surface area contributed by atoms with Crippen LogP contribution < -0.4 is 0 Å². The average molecular weight is 638 g/mol. The van der Waals surface area contributed by atoms with Gasteiger partial charge in [0.05, 0.1) is 0 Å². The van der Waals surface area contributed by atoms with Crippen LogP contribution in [0.15, 0.2) is 60.7 Å². The molecule has 0 heterocycles. The Kier molecular flexibility index (Phi) is 7.29. The van der Waals surface area contributed by atoms with E-state index in [1.807, 2.05) is 0 Å². The van der Waals surface area contributed by atoms with Crippen molar-refractivity contribution in [2.24, 2.45) is 0 Å². The SMILES string of the molecule is C1=Cc2ccccc2[C]1Cc1ccccc1.[I][Hf][I]. The van der Waals surface area contributed by atoms with Gasteiger partial charge in [-0.25, -0.2) is 0 Å². The molecular weight excluding hydrogens is 624 g/mol. The van der Waals surface area contributed by atoms with Crippen molar-refractivity contribution < 1.29 is 14.6 Å². The molecule has 3 heteroatoms. The van der Waals surface area contributed by atoms with E-state index in [2.05, 4.69) is 103 Å². The fourth-order valence-electron chi connectivity index (χ4n) is 2.18. The van der Waals surface area contributed by atoms with Crippen molar-refractivity contribution >= 4 is 42.4 Å². The second-order valence-corrected chi connectivity index (χ2v) is 30.4. The second kappa shape index (κ2) is 8.72. The number of hydrogen-bond acceptors (Lipinski definition) is 0. The number of allylic oxidation sites excluding steroid dienone is 1. The molecule has 19 heavy (non-hydrogen) atoms. The molecule has 0 aromatic heterocycles. The Morgan fingerprint density at radius 2 is 1.42 bits per heavy atom. The van der Waals surface area contributed by atoms with Gasteiger partial charge in [-0.3, -0.25) is 0 Å². The Labute approximate surface area is 145 Å². The van der Waals surface area contributed by atoms with Crippen molar-refractivity contribution in [2.45, 2.75) is 6.42 Å². The van der Waals surface area contributed by atoms with E-state index in [1.54, 1.807) is 0 Å². The summed E-state index contributed by atoms with van der Waals surface area (Å²) in [6, 6.07) is 19.2. The summed E-state index contributed by atoms with van der Waals surface area (Å²) >= 11 is 4.96. The van der Waals surface area contributed by atoms with Gasteiger partial charge in [0, 0.05) is 5.92 Å². The molecule has 0 saturated heterocycles. The van der Waals surface area contributed by atoms with Crippen LogP contribution in [0.4, 0.5) is 0 Å². The normalized spacial score (nSPS) is 12.5. The molecule has 0 bridgehead atoms. The van der Waals surface area contributed by atoms with Crippen molar-refractivity contribution in [2.75, 3.05) is 0 Å². The molecule has 0 nitrogen and oxygen atoms in total. The molecular formula is C16H13HfI2. The standard InChI is InChI=1S/C16H13.Hf.2HI/c1-2-6-13(7-3-1)12-15-11-10-14-8-4-5-9-16(14)15;;;/h1-11H,12H2;;2*1H/q;+2;;/p-2. The van der Waals surface area contributed by atoms with Crippen molar-refractivity contribution in [1.82, 2.24) is 0 Å². The van der Waals surface area contributed by atoms with E-state index in [0.29, 0.717) is 0 Å². The summed E-state index contributed by atoms with van der Waals surface area (Å²) in [7, 11) is 0. The van der Waals surface area contributed by atoms with E-state index in [1.165, 1.54) is 22.6 Å². The molecule has 0 fully saturated rings. The number of benzene rings is 2. The fourth-order valence-corrected chi connectivity index (χ4v) is 2.18. The van der Waals surface area contributed by atoms with Gasteiger partial charge in [0.2, 0.25) is 0 Å². The maximum atomic E-state index is 2.47. The summed E-state index contributed by atoms with van der Waals surface area (Å²) in [6.07, 6.45) is 5.46. The molecule has 0 unspecified atom stereocenters. The van der Waals surface area contributed by atoms with Crippen LogP contribution in [0.5, 0.6) is 0 Å². The first-order valence-electron chi connectivity index (χ1n) is 5.98. The molecule has 0 spiro atoms. The molecule has 1 radical (unpaired) electrons. The second-order valence-electron chi connectivity index (χ2n) is 4.18. The van der Waals surface area contributed by atoms with Gasteiger partial charge < -0.3 is 0 Å². The third-order valence-electron chi connectivity index (χ3n) is 3.01. The summed E-state index contributed by atoms with van der Waals surface area (Å²) in [5.41, 5.74) is 4.10. The molecule has 1 aliphatic carbocycles. The number of hydrogen-bond donors (Lipinski definition) is 0. The molecule has 95 valence electrons. The molecule has 2 aromatic carbocycles. The van der Waals surface area contributed by atoms with Crippen LogP contribution >= 0.6 is 36.3 Å². The van der Waals surface area contributed by atoms with E-state index in [4.69, 9.17) is 0 Å². The predicted octanol–water partition coefficient (Wildman–Crippen LogP) is 5.65. The van der Waals surface area contributed by atoms with Gasteiger partial charge in [-0.1, -0.05) is 66.7 Å². The van der Waals surface area contributed by atoms with Crippen molar-refractivity contribution in [3.63, 3.8) is 0 Å². The van der Waals surface area contributed by atoms with Gasteiger partial charge in [0.1, 0.15) is 0 Å². The summed E-state index contributed by atoms with van der Waals surface area (Å²) in [5.74, 6) is 1.42. The third-order valence-corrected chi connectivity index (χ3v) is 3.01. The van der Waals surface area contributed by atoms with E-state index < -0.39 is 0 Å². The van der Waals surface area contributed by atoms with Crippen LogP contribution in [0.2, 0.25) is 0 Å². The molecule has 0 atom stereocenters. The molecule has 0 aliphatic heterocycles. The van der Waals surface area contributed by atoms with Gasteiger partial charge in [-0.15, -0.1) is 0 Å². The fraction of sp³-hybridized carbons (Fsp3) is 0.0625. The first-order chi connectivity index (χ1) is 9.35. The topological polar surface area (TPSA) is 0 Å². The Morgan fingerprint density at radius 1 is 0.789 bits per heavy atom. The number of fused-ring (bicyclic) bond motifs is 1. The van der Waals surface area contributed by atoms with Crippen molar-refractivity contribution in [1.29, 1.82) is 0 Å². The Bertz CT molecular complexity index is 537. The molecule has 0 amide bonds. The quantitative estimate of drug-likeness (QED) is 0.295. The predicted molar refractivity (Wildman–Crippen MR) is 96.0 cm³/mol. The molecule has 0 saturated carbocycles. The van der Waals surface area contributed by atoms with Gasteiger partial charge in [0.15, 0.2) is 0 Å². The third kappa shape index (κ3) is 4.77. The zero-order chi connectivity index (χ0) is 13.5. The molecule has 2 aromatic rings. The minimum atomic E-state index is 0.0233. The number of rotatable bonds is 2. The minimum absolute atomic E-state index is 0.0233. The summed E-state index contributed by atoms with van der Waals surface area (Å²) in [4.78, 5) is 0. The van der Waals surface area contributed by atoms with Gasteiger partial charge in [-0.05, 0) is 23.1 Å². The number of halogens is 2. The summed E-state index contributed by atoms with van der Waals surface area (Å²) in [6.45, 7) is 0. The van der Waals surface area contributed by atoms with Gasteiger partial charge >= 0.3 is 50.9 Å². The maximum absolute atomic E-state index is 2.47. The van der Waals surface area contributed by atoms with E-state index >= 15 is 0 Å². The average Bonchev–Trinajstić information content (AvgIpc) is 2.85. The van der Waals surface area contributed by atoms with E-state index in [9.17, 15) is 0 Å². The van der Waals surface area contributed by atoms with Crippen LogP contribution in [0.3, 0.4) is 0 Å². The molecule has 1 aliphatic rings. The zero-order valence-electron chi connectivity index (χ0n) is 10.3. The van der Waals surface area contributed by atoms with Gasteiger partial charge in [0.25, 0.3) is 0 Å².